The molecule has 1 aromatic heterocycles. The monoisotopic (exact) mass is 356 g/mol. The quantitative estimate of drug-likeness (QED) is 0.761. The van der Waals surface area contributed by atoms with Crippen LogP contribution in [0.2, 0.25) is 0 Å². The molecule has 8 heteroatoms. The van der Waals surface area contributed by atoms with Crippen LogP contribution >= 0.6 is 11.8 Å². The van der Waals surface area contributed by atoms with Gasteiger partial charge in [-0.1, -0.05) is 23.9 Å². The topological polar surface area (TPSA) is 61.2 Å². The van der Waals surface area contributed by atoms with Gasteiger partial charge in [0, 0.05) is 5.56 Å². The Hall–Kier alpha value is -2.74. The molecule has 6 nitrogen and oxygen atoms in total. The summed E-state index contributed by atoms with van der Waals surface area (Å²) in [6.07, 6.45) is 0. The van der Waals surface area contributed by atoms with Gasteiger partial charge in [0.1, 0.15) is 24.4 Å². The Bertz CT molecular complexity index is 944. The van der Waals surface area contributed by atoms with Crippen molar-refractivity contribution >= 4 is 11.8 Å². The van der Waals surface area contributed by atoms with Crippen molar-refractivity contribution in [2.45, 2.75) is 10.5 Å². The molecule has 0 radical (unpaired) electrons. The summed E-state index contributed by atoms with van der Waals surface area (Å²) < 4.78 is 26.2. The van der Waals surface area contributed by atoms with E-state index in [4.69, 9.17) is 9.47 Å². The Morgan fingerprint density at radius 3 is 2.68 bits per heavy atom. The number of ether oxygens (including phenoxy) is 2. The fourth-order valence-electron chi connectivity index (χ4n) is 2.86. The maximum atomic E-state index is 13.1. The van der Waals surface area contributed by atoms with Crippen LogP contribution in [-0.2, 0) is 0 Å². The van der Waals surface area contributed by atoms with E-state index in [0.717, 1.165) is 22.0 Å². The SMILES string of the molecule is Fc1ccc(C2Nn3c(nnc3-c3ccc4c(c3)OCCO4)S2)cc1. The van der Waals surface area contributed by atoms with Gasteiger partial charge < -0.3 is 14.9 Å². The average Bonchev–Trinajstić information content (AvgIpc) is 3.22. The first-order valence-electron chi connectivity index (χ1n) is 7.82. The van der Waals surface area contributed by atoms with Crippen molar-refractivity contribution < 1.29 is 13.9 Å². The first kappa shape index (κ1) is 14.6. The van der Waals surface area contributed by atoms with Gasteiger partial charge >= 0.3 is 0 Å². The minimum atomic E-state index is -0.247. The third-order valence-corrected chi connectivity index (χ3v) is 5.16. The molecule has 0 saturated carbocycles. The molecule has 2 aliphatic heterocycles. The molecule has 2 aromatic carbocycles. The predicted molar refractivity (Wildman–Crippen MR) is 90.8 cm³/mol. The second-order valence-corrected chi connectivity index (χ2v) is 6.75. The molecule has 0 aliphatic carbocycles. The van der Waals surface area contributed by atoms with E-state index in [1.807, 2.05) is 22.9 Å². The Balaban J connectivity index is 1.46. The average molecular weight is 356 g/mol. The van der Waals surface area contributed by atoms with E-state index in [2.05, 4.69) is 15.6 Å². The first-order valence-corrected chi connectivity index (χ1v) is 8.70. The fraction of sp³-hybridized carbons (Fsp3) is 0.176. The van der Waals surface area contributed by atoms with Gasteiger partial charge in [-0.3, -0.25) is 0 Å². The lowest BCUT2D eigenvalue weighted by atomic mass is 10.2. The third-order valence-electron chi connectivity index (χ3n) is 4.08. The van der Waals surface area contributed by atoms with Crippen molar-refractivity contribution in [2.24, 2.45) is 0 Å². The molecule has 1 atom stereocenters. The molecule has 3 heterocycles. The Morgan fingerprint density at radius 1 is 1.04 bits per heavy atom. The van der Waals surface area contributed by atoms with Gasteiger partial charge in [-0.2, -0.15) is 0 Å². The van der Waals surface area contributed by atoms with Crippen molar-refractivity contribution in [3.05, 3.63) is 53.8 Å². The predicted octanol–water partition coefficient (Wildman–Crippen LogP) is 3.20. The Kier molecular flexibility index (Phi) is 3.30. The first-order chi connectivity index (χ1) is 12.3. The molecule has 1 unspecified atom stereocenters. The standard InChI is InChI=1S/C17H13FN4O2S/c18-12-4-1-10(2-5-12)16-21-22-15(19-20-17(22)25-16)11-3-6-13-14(9-11)24-8-7-23-13/h1-6,9,16,21H,7-8H2. The second-order valence-electron chi connectivity index (χ2n) is 5.68. The lowest BCUT2D eigenvalue weighted by Crippen LogP contribution is -2.16. The van der Waals surface area contributed by atoms with E-state index in [-0.39, 0.29) is 11.2 Å². The third kappa shape index (κ3) is 2.49. The van der Waals surface area contributed by atoms with Crippen molar-refractivity contribution in [1.29, 1.82) is 0 Å². The molecule has 0 amide bonds. The number of benzene rings is 2. The smallest absolute Gasteiger partial charge is 0.212 e. The van der Waals surface area contributed by atoms with Gasteiger partial charge in [-0.05, 0) is 35.9 Å². The number of thioether (sulfide) groups is 1. The van der Waals surface area contributed by atoms with E-state index in [0.29, 0.717) is 24.8 Å². The summed E-state index contributed by atoms with van der Waals surface area (Å²) in [5.74, 6) is 1.90. The maximum absolute atomic E-state index is 13.1. The fourth-order valence-corrected chi connectivity index (χ4v) is 3.86. The Morgan fingerprint density at radius 2 is 1.84 bits per heavy atom. The number of fused-ring (bicyclic) bond motifs is 2. The van der Waals surface area contributed by atoms with E-state index in [1.54, 1.807) is 12.1 Å². The number of rotatable bonds is 2. The summed E-state index contributed by atoms with van der Waals surface area (Å²) in [5, 5.41) is 9.24. The molecule has 0 bridgehead atoms. The number of halogens is 1. The molecule has 126 valence electrons. The number of nitrogens with one attached hydrogen (secondary N) is 1. The van der Waals surface area contributed by atoms with E-state index in [9.17, 15) is 4.39 Å². The van der Waals surface area contributed by atoms with Crippen LogP contribution in [0.15, 0.2) is 47.6 Å². The minimum absolute atomic E-state index is 0.0398. The highest BCUT2D eigenvalue weighted by Gasteiger charge is 2.28. The van der Waals surface area contributed by atoms with Gasteiger partial charge in [0.25, 0.3) is 0 Å². The molecular formula is C17H13FN4O2S. The van der Waals surface area contributed by atoms with Crippen molar-refractivity contribution in [2.75, 3.05) is 18.6 Å². The summed E-state index contributed by atoms with van der Waals surface area (Å²) in [6.45, 7) is 1.10. The normalized spacial score (nSPS) is 17.9. The van der Waals surface area contributed by atoms with Crippen LogP contribution in [0.1, 0.15) is 10.9 Å². The molecule has 0 fully saturated rings. The van der Waals surface area contributed by atoms with E-state index >= 15 is 0 Å². The summed E-state index contributed by atoms with van der Waals surface area (Å²) >= 11 is 1.54. The van der Waals surface area contributed by atoms with Crippen LogP contribution in [0.25, 0.3) is 11.4 Å². The number of hydrogen-bond donors (Lipinski definition) is 1. The van der Waals surface area contributed by atoms with Gasteiger partial charge in [-0.15, -0.1) is 10.2 Å². The molecule has 25 heavy (non-hydrogen) atoms. The van der Waals surface area contributed by atoms with Gasteiger partial charge in [-0.25, -0.2) is 9.07 Å². The van der Waals surface area contributed by atoms with Gasteiger partial charge in [0.2, 0.25) is 5.16 Å². The van der Waals surface area contributed by atoms with Crippen LogP contribution in [0.5, 0.6) is 11.5 Å². The van der Waals surface area contributed by atoms with Crippen LogP contribution in [0.4, 0.5) is 4.39 Å². The zero-order valence-electron chi connectivity index (χ0n) is 13.0. The second kappa shape index (κ2) is 5.66. The molecular weight excluding hydrogens is 343 g/mol. The lowest BCUT2D eigenvalue weighted by Gasteiger charge is -2.19. The van der Waals surface area contributed by atoms with Crippen molar-refractivity contribution in [3.63, 3.8) is 0 Å². The summed E-state index contributed by atoms with van der Waals surface area (Å²) in [6, 6.07) is 12.2. The van der Waals surface area contributed by atoms with Gasteiger partial charge in [0.05, 0.1) is 0 Å². The van der Waals surface area contributed by atoms with Crippen LogP contribution in [-0.4, -0.2) is 28.1 Å². The molecule has 3 aromatic rings. The number of aromatic nitrogens is 3. The highest BCUT2D eigenvalue weighted by atomic mass is 32.2. The van der Waals surface area contributed by atoms with Gasteiger partial charge in [0.15, 0.2) is 17.3 Å². The summed E-state index contributed by atoms with van der Waals surface area (Å²) in [7, 11) is 0. The molecule has 0 saturated heterocycles. The largest absolute Gasteiger partial charge is 0.486 e. The Labute approximate surface area is 146 Å². The zero-order valence-corrected chi connectivity index (χ0v) is 13.8. The maximum Gasteiger partial charge on any atom is 0.212 e. The number of nitrogens with zero attached hydrogens (tertiary/aromatic N) is 3. The van der Waals surface area contributed by atoms with Crippen molar-refractivity contribution in [1.82, 2.24) is 14.9 Å². The van der Waals surface area contributed by atoms with E-state index < -0.39 is 0 Å². The molecule has 2 aliphatic rings. The van der Waals surface area contributed by atoms with Crippen LogP contribution in [0, 0.1) is 5.82 Å². The molecule has 0 spiro atoms. The van der Waals surface area contributed by atoms with Crippen molar-refractivity contribution in [3.8, 4) is 22.9 Å². The highest BCUT2D eigenvalue weighted by molar-refractivity contribution is 7.99. The van der Waals surface area contributed by atoms with E-state index in [1.165, 1.54) is 23.9 Å². The number of hydrogen-bond acceptors (Lipinski definition) is 6. The zero-order chi connectivity index (χ0) is 16.8. The highest BCUT2D eigenvalue weighted by Crippen LogP contribution is 2.41. The minimum Gasteiger partial charge on any atom is -0.486 e. The molecule has 5 rings (SSSR count). The molecule has 1 N–H and O–H groups in total. The van der Waals surface area contributed by atoms with Crippen LogP contribution < -0.4 is 14.9 Å². The summed E-state index contributed by atoms with van der Waals surface area (Å²) in [4.78, 5) is 0. The van der Waals surface area contributed by atoms with Crippen LogP contribution in [0.3, 0.4) is 0 Å². The summed E-state index contributed by atoms with van der Waals surface area (Å²) in [5.41, 5.74) is 5.22. The lowest BCUT2D eigenvalue weighted by molar-refractivity contribution is 0.171.